The number of pyridine rings is 2. The van der Waals surface area contributed by atoms with Crippen LogP contribution in [0.25, 0.3) is 27.7 Å². The lowest BCUT2D eigenvalue weighted by atomic mass is 9.86. The number of nitrogens with zero attached hydrogens (tertiary/aromatic N) is 4. The van der Waals surface area contributed by atoms with E-state index in [1.807, 2.05) is 51.5 Å². The average molecular weight is 627 g/mol. The Morgan fingerprint density at radius 3 is 2.61 bits per heavy atom. The van der Waals surface area contributed by atoms with Crippen LogP contribution in [-0.4, -0.2) is 61.7 Å². The van der Waals surface area contributed by atoms with E-state index in [0.717, 1.165) is 28.8 Å². The van der Waals surface area contributed by atoms with Crippen molar-refractivity contribution in [2.75, 3.05) is 19.7 Å². The molecule has 0 aliphatic carbocycles. The number of halogens is 1. The fraction of sp³-hybridized carbons (Fsp3) is 0.389. The number of benzene rings is 1. The number of hydrogen-bond donors (Lipinski definition) is 1. The summed E-state index contributed by atoms with van der Waals surface area (Å²) in [6.07, 6.45) is 5.97. The molecule has 9 nitrogen and oxygen atoms in total. The Balaban J connectivity index is 1.54. The van der Waals surface area contributed by atoms with E-state index in [1.54, 1.807) is 36.4 Å². The molecule has 4 aromatic rings. The Bertz CT molecular complexity index is 1890. The molecular weight excluding hydrogens is 587 g/mol. The number of carboxylic acids is 1. The first-order valence-corrected chi connectivity index (χ1v) is 15.6. The van der Waals surface area contributed by atoms with E-state index in [2.05, 4.69) is 4.98 Å². The van der Waals surface area contributed by atoms with Crippen LogP contribution < -0.4 is 4.74 Å². The highest BCUT2D eigenvalue weighted by Gasteiger charge is 2.35. The van der Waals surface area contributed by atoms with Crippen LogP contribution in [-0.2, 0) is 23.0 Å². The molecule has 1 N–H and O–H groups in total. The summed E-state index contributed by atoms with van der Waals surface area (Å²) in [5, 5.41) is 11.2. The van der Waals surface area contributed by atoms with Gasteiger partial charge in [0.05, 0.1) is 17.8 Å². The van der Waals surface area contributed by atoms with Gasteiger partial charge in [0.2, 0.25) is 0 Å². The molecule has 0 spiro atoms. The van der Waals surface area contributed by atoms with Gasteiger partial charge in [-0.1, -0.05) is 6.08 Å². The number of amides is 1. The van der Waals surface area contributed by atoms with E-state index in [9.17, 15) is 14.7 Å². The molecule has 3 aromatic heterocycles. The molecule has 2 aliphatic rings. The van der Waals surface area contributed by atoms with Crippen molar-refractivity contribution in [1.29, 1.82) is 0 Å². The standard InChI is InChI=1S/C36H39FN4O5/c1-20-24-10-8-16-45-31(24)27(37)17-25(20)30-26-18-28(22-11-14-41(15-12-22)34(42)23-9-7-13-38-19-23)40(6)33(26)39-21(2)29(30)32(35(43)44)46-36(3,4)5/h7,9,11,13,17-19,32H,8,10,12,14-16H2,1-6H3,(H,43,44)/t32-/m0/s1. The summed E-state index contributed by atoms with van der Waals surface area (Å²) in [6.45, 7) is 10.6. The highest BCUT2D eigenvalue weighted by atomic mass is 19.1. The molecule has 0 fully saturated rings. The Morgan fingerprint density at radius 2 is 1.96 bits per heavy atom. The molecule has 10 heteroatoms. The zero-order valence-electron chi connectivity index (χ0n) is 27.1. The highest BCUT2D eigenvalue weighted by molar-refractivity contribution is 6.01. The van der Waals surface area contributed by atoms with Gasteiger partial charge in [-0.2, -0.15) is 0 Å². The van der Waals surface area contributed by atoms with Crippen molar-refractivity contribution in [3.8, 4) is 16.9 Å². The third-order valence-corrected chi connectivity index (χ3v) is 8.80. The Hall–Kier alpha value is -4.57. The maximum atomic E-state index is 15.7. The van der Waals surface area contributed by atoms with Gasteiger partial charge in [0, 0.05) is 66.0 Å². The van der Waals surface area contributed by atoms with Crippen LogP contribution in [0.2, 0.25) is 0 Å². The number of carboxylic acid groups (broad SMARTS) is 1. The van der Waals surface area contributed by atoms with Gasteiger partial charge in [-0.05, 0) is 94.8 Å². The zero-order valence-corrected chi connectivity index (χ0v) is 27.1. The van der Waals surface area contributed by atoms with Crippen molar-refractivity contribution >= 4 is 28.5 Å². The molecule has 0 radical (unpaired) electrons. The Labute approximate surface area is 267 Å². The smallest absolute Gasteiger partial charge is 0.337 e. The number of aryl methyl sites for hydroxylation is 2. The second-order valence-corrected chi connectivity index (χ2v) is 13.0. The van der Waals surface area contributed by atoms with Crippen molar-refractivity contribution in [3.63, 3.8) is 0 Å². The van der Waals surface area contributed by atoms with Crippen molar-refractivity contribution in [2.45, 2.75) is 65.6 Å². The second-order valence-electron chi connectivity index (χ2n) is 13.0. The molecule has 1 atom stereocenters. The lowest BCUT2D eigenvalue weighted by Gasteiger charge is -2.29. The highest BCUT2D eigenvalue weighted by Crippen LogP contribution is 2.45. The number of carbonyl (C=O) groups is 2. The first kappa shape index (κ1) is 31.4. The average Bonchev–Trinajstić information content (AvgIpc) is 3.36. The van der Waals surface area contributed by atoms with E-state index in [0.29, 0.717) is 71.5 Å². The maximum absolute atomic E-state index is 15.7. The fourth-order valence-corrected chi connectivity index (χ4v) is 6.64. The molecule has 0 saturated heterocycles. The summed E-state index contributed by atoms with van der Waals surface area (Å²) >= 11 is 0. The summed E-state index contributed by atoms with van der Waals surface area (Å²) < 4.78 is 29.6. The van der Waals surface area contributed by atoms with Gasteiger partial charge in [0.25, 0.3) is 5.91 Å². The zero-order chi connectivity index (χ0) is 32.9. The molecule has 0 saturated carbocycles. The number of hydrogen-bond acceptors (Lipinski definition) is 6. The van der Waals surface area contributed by atoms with Crippen molar-refractivity contribution < 1.29 is 28.6 Å². The van der Waals surface area contributed by atoms with E-state index in [1.165, 1.54) is 6.07 Å². The van der Waals surface area contributed by atoms with E-state index in [4.69, 9.17) is 14.5 Å². The molecule has 1 amide bonds. The van der Waals surface area contributed by atoms with Crippen molar-refractivity contribution in [1.82, 2.24) is 19.4 Å². The number of ether oxygens (including phenoxy) is 2. The second kappa shape index (κ2) is 12.0. The van der Waals surface area contributed by atoms with Crippen molar-refractivity contribution in [2.24, 2.45) is 7.05 Å². The number of aliphatic carboxylic acids is 1. The first-order chi connectivity index (χ1) is 21.9. The minimum atomic E-state index is -1.34. The molecule has 240 valence electrons. The minimum absolute atomic E-state index is 0.0721. The monoisotopic (exact) mass is 626 g/mol. The van der Waals surface area contributed by atoms with Crippen LogP contribution in [0.3, 0.4) is 0 Å². The summed E-state index contributed by atoms with van der Waals surface area (Å²) in [6, 6.07) is 6.98. The van der Waals surface area contributed by atoms with Crippen molar-refractivity contribution in [3.05, 3.63) is 82.2 Å². The molecule has 46 heavy (non-hydrogen) atoms. The van der Waals surface area contributed by atoms with Crippen LogP contribution in [0.4, 0.5) is 4.39 Å². The van der Waals surface area contributed by atoms with Crippen LogP contribution >= 0.6 is 0 Å². The summed E-state index contributed by atoms with van der Waals surface area (Å²) in [5.74, 6) is -1.43. The predicted octanol–water partition coefficient (Wildman–Crippen LogP) is 6.59. The van der Waals surface area contributed by atoms with Crippen LogP contribution in [0, 0.1) is 19.7 Å². The van der Waals surface area contributed by atoms with Gasteiger partial charge in [0.1, 0.15) is 5.65 Å². The maximum Gasteiger partial charge on any atom is 0.337 e. The molecule has 5 heterocycles. The minimum Gasteiger partial charge on any atom is -0.490 e. The molecular formula is C36H39FN4O5. The summed E-state index contributed by atoms with van der Waals surface area (Å²) in [4.78, 5) is 36.7. The number of rotatable bonds is 6. The lowest BCUT2D eigenvalue weighted by Crippen LogP contribution is -2.34. The third-order valence-electron chi connectivity index (χ3n) is 8.80. The van der Waals surface area contributed by atoms with Crippen LogP contribution in [0.1, 0.15) is 78.2 Å². The molecule has 0 bridgehead atoms. The normalized spacial score (nSPS) is 15.7. The van der Waals surface area contributed by atoms with Gasteiger partial charge < -0.3 is 24.0 Å². The Morgan fingerprint density at radius 1 is 1.17 bits per heavy atom. The van der Waals surface area contributed by atoms with Gasteiger partial charge >= 0.3 is 5.97 Å². The SMILES string of the molecule is Cc1nc2c(cc(C3=CCN(C(=O)c4cccnc4)CC3)n2C)c(-c2cc(F)c3c(c2C)CCCO3)c1[C@H](OC(C)(C)C)C(=O)O. The van der Waals surface area contributed by atoms with Gasteiger partial charge in [-0.25, -0.2) is 14.2 Å². The summed E-state index contributed by atoms with van der Waals surface area (Å²) in [5.41, 5.74) is 6.08. The lowest BCUT2D eigenvalue weighted by molar-refractivity contribution is -0.160. The quantitative estimate of drug-likeness (QED) is 0.258. The molecule has 6 rings (SSSR count). The predicted molar refractivity (Wildman–Crippen MR) is 173 cm³/mol. The van der Waals surface area contributed by atoms with E-state index < -0.39 is 23.5 Å². The third kappa shape index (κ3) is 5.66. The Kier molecular flexibility index (Phi) is 8.18. The topological polar surface area (TPSA) is 107 Å². The van der Waals surface area contributed by atoms with Gasteiger partial charge in [0.15, 0.2) is 17.7 Å². The van der Waals surface area contributed by atoms with Crippen LogP contribution in [0.5, 0.6) is 5.75 Å². The first-order valence-electron chi connectivity index (χ1n) is 15.6. The largest absolute Gasteiger partial charge is 0.490 e. The van der Waals surface area contributed by atoms with E-state index >= 15 is 4.39 Å². The van der Waals surface area contributed by atoms with E-state index in [-0.39, 0.29) is 11.7 Å². The number of fused-ring (bicyclic) bond motifs is 2. The number of aromatic nitrogens is 3. The molecule has 1 aromatic carbocycles. The number of carbonyl (C=O) groups excluding carboxylic acids is 1. The van der Waals surface area contributed by atoms with Gasteiger partial charge in [-0.3, -0.25) is 9.78 Å². The van der Waals surface area contributed by atoms with Crippen LogP contribution in [0.15, 0.2) is 42.7 Å². The fourth-order valence-electron chi connectivity index (χ4n) is 6.64. The molecule has 2 aliphatic heterocycles. The summed E-state index contributed by atoms with van der Waals surface area (Å²) in [7, 11) is 1.93. The van der Waals surface area contributed by atoms with Gasteiger partial charge in [-0.15, -0.1) is 0 Å². The molecule has 0 unspecified atom stereocenters.